The fourth-order valence-electron chi connectivity index (χ4n) is 1.45. The minimum Gasteiger partial charge on any atom is -0.294 e. The number of hydrogen-bond acceptors (Lipinski definition) is 2. The van der Waals surface area contributed by atoms with Crippen LogP contribution in [0.4, 0.5) is 0 Å². The summed E-state index contributed by atoms with van der Waals surface area (Å²) in [6, 6.07) is 11.2. The molecular formula is C13H10BrNO. The highest BCUT2D eigenvalue weighted by atomic mass is 79.9. The molecule has 2 nitrogen and oxygen atoms in total. The highest BCUT2D eigenvalue weighted by molar-refractivity contribution is 9.10. The van der Waals surface area contributed by atoms with E-state index in [0.29, 0.717) is 12.0 Å². The maximum absolute atomic E-state index is 11.9. The first-order chi connectivity index (χ1) is 7.77. The van der Waals surface area contributed by atoms with Crippen molar-refractivity contribution in [1.29, 1.82) is 0 Å². The lowest BCUT2D eigenvalue weighted by Gasteiger charge is -2.03. The van der Waals surface area contributed by atoms with Gasteiger partial charge in [0.2, 0.25) is 0 Å². The number of carbonyl (C=O) groups is 1. The SMILES string of the molecule is O=C(Cc1ccccc1Br)c1ccncc1. The molecule has 0 amide bonds. The fraction of sp³-hybridized carbons (Fsp3) is 0.0769. The Labute approximate surface area is 102 Å². The zero-order valence-corrected chi connectivity index (χ0v) is 10.1. The van der Waals surface area contributed by atoms with Crippen molar-refractivity contribution in [3.05, 3.63) is 64.4 Å². The number of carbonyl (C=O) groups excluding carboxylic acids is 1. The summed E-state index contributed by atoms with van der Waals surface area (Å²) in [4.78, 5) is 15.8. The van der Waals surface area contributed by atoms with Gasteiger partial charge in [-0.15, -0.1) is 0 Å². The monoisotopic (exact) mass is 275 g/mol. The van der Waals surface area contributed by atoms with Crippen LogP contribution in [0.5, 0.6) is 0 Å². The van der Waals surface area contributed by atoms with Crippen LogP contribution in [0, 0.1) is 0 Å². The van der Waals surface area contributed by atoms with Crippen molar-refractivity contribution < 1.29 is 4.79 Å². The summed E-state index contributed by atoms with van der Waals surface area (Å²) < 4.78 is 0.970. The lowest BCUT2D eigenvalue weighted by molar-refractivity contribution is 0.0992. The third kappa shape index (κ3) is 2.55. The van der Waals surface area contributed by atoms with E-state index < -0.39 is 0 Å². The number of rotatable bonds is 3. The molecule has 1 heterocycles. The molecule has 0 bridgehead atoms. The van der Waals surface area contributed by atoms with Gasteiger partial charge in [0.15, 0.2) is 5.78 Å². The second kappa shape index (κ2) is 5.03. The van der Waals surface area contributed by atoms with E-state index in [1.54, 1.807) is 24.5 Å². The van der Waals surface area contributed by atoms with Crippen molar-refractivity contribution in [2.75, 3.05) is 0 Å². The Hall–Kier alpha value is -1.48. The molecule has 0 atom stereocenters. The van der Waals surface area contributed by atoms with Gasteiger partial charge in [-0.1, -0.05) is 34.1 Å². The van der Waals surface area contributed by atoms with Crippen LogP contribution in [0.15, 0.2) is 53.3 Å². The summed E-state index contributed by atoms with van der Waals surface area (Å²) in [5.41, 5.74) is 1.70. The molecule has 0 fully saturated rings. The topological polar surface area (TPSA) is 30.0 Å². The first kappa shape index (κ1) is 11.0. The average Bonchev–Trinajstić information content (AvgIpc) is 2.33. The minimum atomic E-state index is 0.106. The Kier molecular flexibility index (Phi) is 3.47. The van der Waals surface area contributed by atoms with Crippen molar-refractivity contribution in [2.45, 2.75) is 6.42 Å². The molecule has 1 aromatic heterocycles. The largest absolute Gasteiger partial charge is 0.294 e. The van der Waals surface area contributed by atoms with Crippen molar-refractivity contribution in [1.82, 2.24) is 4.98 Å². The average molecular weight is 276 g/mol. The van der Waals surface area contributed by atoms with Gasteiger partial charge in [-0.2, -0.15) is 0 Å². The lowest BCUT2D eigenvalue weighted by Crippen LogP contribution is -2.03. The van der Waals surface area contributed by atoms with Gasteiger partial charge in [0.05, 0.1) is 0 Å². The zero-order valence-electron chi connectivity index (χ0n) is 8.56. The quantitative estimate of drug-likeness (QED) is 0.805. The summed E-state index contributed by atoms with van der Waals surface area (Å²) in [7, 11) is 0. The molecule has 0 radical (unpaired) electrons. The van der Waals surface area contributed by atoms with Gasteiger partial charge < -0.3 is 0 Å². The molecule has 2 rings (SSSR count). The van der Waals surface area contributed by atoms with E-state index >= 15 is 0 Å². The third-order valence-corrected chi connectivity index (χ3v) is 3.08. The Morgan fingerprint density at radius 2 is 1.81 bits per heavy atom. The number of benzene rings is 1. The molecule has 1 aromatic carbocycles. The van der Waals surface area contributed by atoms with E-state index in [1.807, 2.05) is 24.3 Å². The van der Waals surface area contributed by atoms with Crippen LogP contribution in [0.3, 0.4) is 0 Å². The van der Waals surface area contributed by atoms with E-state index in [9.17, 15) is 4.79 Å². The molecule has 0 saturated carbocycles. The molecule has 2 aromatic rings. The predicted molar refractivity (Wildman–Crippen MR) is 66.4 cm³/mol. The maximum atomic E-state index is 11.9. The maximum Gasteiger partial charge on any atom is 0.167 e. The van der Waals surface area contributed by atoms with Crippen molar-refractivity contribution in [3.63, 3.8) is 0 Å². The molecule has 0 N–H and O–H groups in total. The van der Waals surface area contributed by atoms with Crippen LogP contribution in [0.1, 0.15) is 15.9 Å². The fourth-order valence-corrected chi connectivity index (χ4v) is 1.88. The van der Waals surface area contributed by atoms with Crippen LogP contribution in [-0.4, -0.2) is 10.8 Å². The molecule has 80 valence electrons. The lowest BCUT2D eigenvalue weighted by atomic mass is 10.0. The number of Topliss-reactive ketones (excluding diaryl/α,β-unsaturated/α-hetero) is 1. The highest BCUT2D eigenvalue weighted by Gasteiger charge is 2.08. The van der Waals surface area contributed by atoms with Crippen LogP contribution >= 0.6 is 15.9 Å². The minimum absolute atomic E-state index is 0.106. The summed E-state index contributed by atoms with van der Waals surface area (Å²) in [6.45, 7) is 0. The normalized spacial score (nSPS) is 10.1. The van der Waals surface area contributed by atoms with E-state index in [0.717, 1.165) is 10.0 Å². The third-order valence-electron chi connectivity index (χ3n) is 2.31. The number of halogens is 1. The van der Waals surface area contributed by atoms with E-state index in [4.69, 9.17) is 0 Å². The van der Waals surface area contributed by atoms with Gasteiger partial charge in [0.25, 0.3) is 0 Å². The van der Waals surface area contributed by atoms with Crippen LogP contribution in [-0.2, 0) is 6.42 Å². The second-order valence-corrected chi connectivity index (χ2v) is 4.28. The Morgan fingerprint density at radius 3 is 2.50 bits per heavy atom. The number of ketones is 1. The van der Waals surface area contributed by atoms with Gasteiger partial charge in [-0.3, -0.25) is 9.78 Å². The Morgan fingerprint density at radius 1 is 1.12 bits per heavy atom. The standard InChI is InChI=1S/C13H10BrNO/c14-12-4-2-1-3-11(12)9-13(16)10-5-7-15-8-6-10/h1-8H,9H2. The molecule has 0 aliphatic heterocycles. The summed E-state index contributed by atoms with van der Waals surface area (Å²) in [5.74, 6) is 0.106. The molecule has 0 aliphatic rings. The van der Waals surface area contributed by atoms with Crippen LogP contribution in [0.25, 0.3) is 0 Å². The molecule has 0 saturated heterocycles. The Bertz CT molecular complexity index is 496. The summed E-state index contributed by atoms with van der Waals surface area (Å²) in [6.07, 6.45) is 3.67. The Balaban J connectivity index is 2.18. The van der Waals surface area contributed by atoms with Gasteiger partial charge >= 0.3 is 0 Å². The first-order valence-electron chi connectivity index (χ1n) is 4.94. The van der Waals surface area contributed by atoms with Gasteiger partial charge in [0.1, 0.15) is 0 Å². The highest BCUT2D eigenvalue weighted by Crippen LogP contribution is 2.17. The molecule has 0 unspecified atom stereocenters. The number of hydrogen-bond donors (Lipinski definition) is 0. The van der Waals surface area contributed by atoms with Gasteiger partial charge in [-0.25, -0.2) is 0 Å². The number of aromatic nitrogens is 1. The van der Waals surface area contributed by atoms with Gasteiger partial charge in [0, 0.05) is 28.9 Å². The van der Waals surface area contributed by atoms with E-state index in [2.05, 4.69) is 20.9 Å². The number of pyridine rings is 1. The van der Waals surface area contributed by atoms with Crippen molar-refractivity contribution in [3.8, 4) is 0 Å². The second-order valence-electron chi connectivity index (χ2n) is 3.43. The molecular weight excluding hydrogens is 266 g/mol. The predicted octanol–water partition coefficient (Wildman–Crippen LogP) is 3.27. The van der Waals surface area contributed by atoms with Crippen molar-refractivity contribution >= 4 is 21.7 Å². The molecule has 0 spiro atoms. The summed E-state index contributed by atoms with van der Waals surface area (Å²) >= 11 is 3.43. The van der Waals surface area contributed by atoms with Crippen LogP contribution < -0.4 is 0 Å². The summed E-state index contributed by atoms with van der Waals surface area (Å²) in [5, 5.41) is 0. The molecule has 3 heteroatoms. The zero-order chi connectivity index (χ0) is 11.4. The number of nitrogens with zero attached hydrogens (tertiary/aromatic N) is 1. The molecule has 0 aliphatic carbocycles. The smallest absolute Gasteiger partial charge is 0.167 e. The van der Waals surface area contributed by atoms with Crippen molar-refractivity contribution in [2.24, 2.45) is 0 Å². The van der Waals surface area contributed by atoms with E-state index in [1.165, 1.54) is 0 Å². The van der Waals surface area contributed by atoms with Gasteiger partial charge in [-0.05, 0) is 23.8 Å². The molecule has 16 heavy (non-hydrogen) atoms. The first-order valence-corrected chi connectivity index (χ1v) is 5.73. The van der Waals surface area contributed by atoms with E-state index in [-0.39, 0.29) is 5.78 Å². The van der Waals surface area contributed by atoms with Crippen LogP contribution in [0.2, 0.25) is 0 Å².